The molecule has 1 aromatic rings. The summed E-state index contributed by atoms with van der Waals surface area (Å²) < 4.78 is 0. The number of benzene rings is 1. The van der Waals surface area contributed by atoms with Gasteiger partial charge in [0.2, 0.25) is 5.91 Å². The number of rotatable bonds is 5. The molecular formula is C21H30N4O3. The molecule has 152 valence electrons. The van der Waals surface area contributed by atoms with Gasteiger partial charge in [-0.05, 0) is 49.7 Å². The van der Waals surface area contributed by atoms with Crippen molar-refractivity contribution in [2.45, 2.75) is 50.8 Å². The summed E-state index contributed by atoms with van der Waals surface area (Å²) in [5.41, 5.74) is 9.33. The van der Waals surface area contributed by atoms with E-state index in [1.807, 2.05) is 49.2 Å². The zero-order valence-corrected chi connectivity index (χ0v) is 16.7. The van der Waals surface area contributed by atoms with Gasteiger partial charge in [-0.2, -0.15) is 5.01 Å². The normalized spacial score (nSPS) is 31.6. The Kier molecular flexibility index (Phi) is 5.76. The molecule has 1 aromatic carbocycles. The van der Waals surface area contributed by atoms with Gasteiger partial charge in [0.05, 0.1) is 12.1 Å². The van der Waals surface area contributed by atoms with E-state index in [1.54, 1.807) is 13.1 Å². The average molecular weight is 386 g/mol. The Bertz CT molecular complexity index is 766. The lowest BCUT2D eigenvalue weighted by Gasteiger charge is -2.46. The fraction of sp³-hybridized carbons (Fsp3) is 0.524. The minimum absolute atomic E-state index is 0.0568. The summed E-state index contributed by atoms with van der Waals surface area (Å²) in [7, 11) is 1.55. The molecule has 5 N–H and O–H groups in total. The van der Waals surface area contributed by atoms with Gasteiger partial charge in [0.25, 0.3) is 5.91 Å². The van der Waals surface area contributed by atoms with Crippen LogP contribution in [0.15, 0.2) is 42.1 Å². The lowest BCUT2D eigenvalue weighted by Crippen LogP contribution is -2.63. The molecule has 5 atom stereocenters. The van der Waals surface area contributed by atoms with Gasteiger partial charge in [-0.1, -0.05) is 37.3 Å². The van der Waals surface area contributed by atoms with Crippen LogP contribution in [-0.2, 0) is 9.59 Å². The van der Waals surface area contributed by atoms with E-state index >= 15 is 0 Å². The SMILES string of the molecule is CNC(=O)C1=CC(C(N)=O)([C@H]2CC[C@@H](O)[C@H](C)C2)N([C@@H](C)c2ccccc2)N1. The molecule has 1 aliphatic heterocycles. The van der Waals surface area contributed by atoms with E-state index in [1.165, 1.54) is 0 Å². The molecule has 0 aromatic heterocycles. The van der Waals surface area contributed by atoms with Crippen LogP contribution in [0.4, 0.5) is 0 Å². The highest BCUT2D eigenvalue weighted by Gasteiger charge is 2.55. The lowest BCUT2D eigenvalue weighted by atomic mass is 9.69. The number of amides is 2. The van der Waals surface area contributed by atoms with Gasteiger partial charge in [0.15, 0.2) is 0 Å². The van der Waals surface area contributed by atoms with E-state index in [4.69, 9.17) is 5.73 Å². The van der Waals surface area contributed by atoms with Crippen molar-refractivity contribution in [3.63, 3.8) is 0 Å². The molecule has 2 amide bonds. The first-order valence-electron chi connectivity index (χ1n) is 9.85. The number of hydrogen-bond acceptors (Lipinski definition) is 5. The number of carbonyl (C=O) groups is 2. The second kappa shape index (κ2) is 7.93. The summed E-state index contributed by atoms with van der Waals surface area (Å²) in [5.74, 6) is -0.835. The van der Waals surface area contributed by atoms with E-state index in [0.29, 0.717) is 25.0 Å². The molecule has 7 nitrogen and oxygen atoms in total. The summed E-state index contributed by atoms with van der Waals surface area (Å²) in [5, 5.41) is 14.6. The monoisotopic (exact) mass is 386 g/mol. The van der Waals surface area contributed by atoms with Crippen LogP contribution in [0.2, 0.25) is 0 Å². The number of aliphatic hydroxyl groups excluding tert-OH is 1. The Labute approximate surface area is 165 Å². The van der Waals surface area contributed by atoms with Gasteiger partial charge in [-0.3, -0.25) is 9.59 Å². The Morgan fingerprint density at radius 2 is 2.00 bits per heavy atom. The summed E-state index contributed by atoms with van der Waals surface area (Å²) in [6, 6.07) is 9.61. The topological polar surface area (TPSA) is 108 Å². The molecule has 1 fully saturated rings. The molecule has 3 rings (SSSR count). The third-order valence-corrected chi connectivity index (χ3v) is 6.29. The lowest BCUT2D eigenvalue weighted by molar-refractivity contribution is -0.136. The van der Waals surface area contributed by atoms with Crippen molar-refractivity contribution in [3.8, 4) is 0 Å². The first-order chi connectivity index (χ1) is 13.3. The van der Waals surface area contributed by atoms with Gasteiger partial charge >= 0.3 is 0 Å². The zero-order valence-electron chi connectivity index (χ0n) is 16.7. The van der Waals surface area contributed by atoms with Crippen molar-refractivity contribution in [2.24, 2.45) is 17.6 Å². The number of hydrogen-bond donors (Lipinski definition) is 4. The standard InChI is InChI=1S/C21H30N4O3/c1-13-11-16(9-10-18(13)26)21(20(22)28)12-17(19(27)23-3)24-25(21)14(2)15-7-5-4-6-8-15/h4-8,12-14,16,18,24,26H,9-11H2,1-3H3,(H2,22,28)(H,23,27)/t13-,14+,16+,18-,21?/m1/s1. The number of likely N-dealkylation sites (N-methyl/N-ethyl adjacent to an activating group) is 1. The summed E-state index contributed by atoms with van der Waals surface area (Å²) in [4.78, 5) is 25.3. The molecule has 0 bridgehead atoms. The maximum Gasteiger partial charge on any atom is 0.268 e. The van der Waals surface area contributed by atoms with Crippen LogP contribution < -0.4 is 16.5 Å². The maximum absolute atomic E-state index is 12.9. The quantitative estimate of drug-likeness (QED) is 0.609. The number of aliphatic hydroxyl groups is 1. The number of primary amides is 1. The van der Waals surface area contributed by atoms with E-state index in [0.717, 1.165) is 5.56 Å². The van der Waals surface area contributed by atoms with E-state index < -0.39 is 11.4 Å². The molecule has 7 heteroatoms. The summed E-state index contributed by atoms with van der Waals surface area (Å²) >= 11 is 0. The molecule has 0 radical (unpaired) electrons. The molecule has 28 heavy (non-hydrogen) atoms. The van der Waals surface area contributed by atoms with Crippen molar-refractivity contribution in [3.05, 3.63) is 47.7 Å². The minimum atomic E-state index is -1.15. The number of nitrogens with two attached hydrogens (primary N) is 1. The predicted molar refractivity (Wildman–Crippen MR) is 106 cm³/mol. The fourth-order valence-corrected chi connectivity index (χ4v) is 4.58. The number of nitrogens with zero attached hydrogens (tertiary/aromatic N) is 1. The first kappa shape index (κ1) is 20.4. The fourth-order valence-electron chi connectivity index (χ4n) is 4.58. The second-order valence-corrected chi connectivity index (χ2v) is 7.95. The highest BCUT2D eigenvalue weighted by atomic mass is 16.3. The Morgan fingerprint density at radius 3 is 2.57 bits per heavy atom. The molecule has 0 spiro atoms. The van der Waals surface area contributed by atoms with Crippen molar-refractivity contribution in [1.29, 1.82) is 0 Å². The van der Waals surface area contributed by atoms with Gasteiger partial charge in [-0.15, -0.1) is 0 Å². The average Bonchev–Trinajstić information content (AvgIpc) is 3.11. The summed E-state index contributed by atoms with van der Waals surface area (Å²) in [6.45, 7) is 3.98. The van der Waals surface area contributed by atoms with E-state index in [2.05, 4.69) is 10.7 Å². The number of hydrazine groups is 1. The predicted octanol–water partition coefficient (Wildman–Crippen LogP) is 1.22. The Morgan fingerprint density at radius 1 is 1.32 bits per heavy atom. The smallest absolute Gasteiger partial charge is 0.268 e. The number of carbonyl (C=O) groups excluding carboxylic acids is 2. The van der Waals surface area contributed by atoms with Gasteiger partial charge in [-0.25, -0.2) is 0 Å². The molecule has 0 saturated heterocycles. The molecule has 2 aliphatic rings. The van der Waals surface area contributed by atoms with Crippen molar-refractivity contribution in [2.75, 3.05) is 7.05 Å². The largest absolute Gasteiger partial charge is 0.393 e. The maximum atomic E-state index is 12.9. The minimum Gasteiger partial charge on any atom is -0.393 e. The van der Waals surface area contributed by atoms with Crippen LogP contribution in [0.5, 0.6) is 0 Å². The first-order valence-corrected chi connectivity index (χ1v) is 9.85. The molecule has 1 aliphatic carbocycles. The highest BCUT2D eigenvalue weighted by Crippen LogP contribution is 2.45. The van der Waals surface area contributed by atoms with Crippen molar-refractivity contribution in [1.82, 2.24) is 15.8 Å². The molecule has 1 unspecified atom stereocenters. The number of nitrogens with one attached hydrogen (secondary N) is 2. The van der Waals surface area contributed by atoms with Gasteiger partial charge < -0.3 is 21.6 Å². The summed E-state index contributed by atoms with van der Waals surface area (Å²) in [6.07, 6.45) is 3.23. The molecular weight excluding hydrogens is 356 g/mol. The third-order valence-electron chi connectivity index (χ3n) is 6.29. The highest BCUT2D eigenvalue weighted by molar-refractivity contribution is 5.97. The third kappa shape index (κ3) is 3.40. The van der Waals surface area contributed by atoms with Crippen LogP contribution in [0.1, 0.15) is 44.7 Å². The van der Waals surface area contributed by atoms with Gasteiger partial charge in [0, 0.05) is 7.05 Å². The Hall–Kier alpha value is -2.38. The van der Waals surface area contributed by atoms with E-state index in [9.17, 15) is 14.7 Å². The second-order valence-electron chi connectivity index (χ2n) is 7.95. The van der Waals surface area contributed by atoms with Crippen LogP contribution in [0.3, 0.4) is 0 Å². The van der Waals surface area contributed by atoms with Crippen molar-refractivity contribution >= 4 is 11.8 Å². The van der Waals surface area contributed by atoms with Crippen LogP contribution in [0.25, 0.3) is 0 Å². The molecule has 1 heterocycles. The Balaban J connectivity index is 2.06. The van der Waals surface area contributed by atoms with Crippen LogP contribution in [-0.4, -0.2) is 40.6 Å². The van der Waals surface area contributed by atoms with Crippen LogP contribution >= 0.6 is 0 Å². The van der Waals surface area contributed by atoms with Crippen molar-refractivity contribution < 1.29 is 14.7 Å². The van der Waals surface area contributed by atoms with Crippen LogP contribution in [0, 0.1) is 11.8 Å². The molecule has 1 saturated carbocycles. The van der Waals surface area contributed by atoms with Gasteiger partial charge in [0.1, 0.15) is 11.2 Å². The zero-order chi connectivity index (χ0) is 20.5. The van der Waals surface area contributed by atoms with E-state index in [-0.39, 0.29) is 29.9 Å².